The Morgan fingerprint density at radius 1 is 1.18 bits per heavy atom. The standard InChI is InChI=1S/C25H32ClN5O3/c1-29(21-10-11-30(19-6-7-19)23(32)13-21)18-4-8-20(9-5-18)31-25(33)24(26)22(15-28-31)27-14-17-3-2-12-34-16-17/h4-5,8-9,15,17,19,21,27H,2-3,6-7,10-14,16H2,1H3/t17-,21?/m1/s1. The Labute approximate surface area is 204 Å². The Balaban J connectivity index is 1.24. The zero-order valence-corrected chi connectivity index (χ0v) is 20.3. The van der Waals surface area contributed by atoms with Crippen LogP contribution in [0.15, 0.2) is 35.3 Å². The molecule has 2 saturated heterocycles. The number of nitrogens with zero attached hydrogens (tertiary/aromatic N) is 4. The highest BCUT2D eigenvalue weighted by atomic mass is 35.5. The molecule has 34 heavy (non-hydrogen) atoms. The van der Waals surface area contributed by atoms with Crippen molar-refractivity contribution in [3.8, 4) is 5.69 Å². The van der Waals surface area contributed by atoms with Crippen molar-refractivity contribution >= 4 is 28.9 Å². The van der Waals surface area contributed by atoms with Crippen LogP contribution >= 0.6 is 11.6 Å². The lowest BCUT2D eigenvalue weighted by atomic mass is 10.0. The summed E-state index contributed by atoms with van der Waals surface area (Å²) in [4.78, 5) is 29.6. The number of carbonyl (C=O) groups is 1. The first kappa shape index (κ1) is 23.2. The predicted octanol–water partition coefficient (Wildman–Crippen LogP) is 3.31. The quantitative estimate of drug-likeness (QED) is 0.648. The highest BCUT2D eigenvalue weighted by molar-refractivity contribution is 6.32. The van der Waals surface area contributed by atoms with Gasteiger partial charge < -0.3 is 19.9 Å². The molecule has 2 aliphatic heterocycles. The first-order valence-electron chi connectivity index (χ1n) is 12.2. The summed E-state index contributed by atoms with van der Waals surface area (Å²) >= 11 is 6.39. The van der Waals surface area contributed by atoms with E-state index in [-0.39, 0.29) is 22.5 Å². The molecule has 0 radical (unpaired) electrons. The van der Waals surface area contributed by atoms with Crippen molar-refractivity contribution in [3.63, 3.8) is 0 Å². The van der Waals surface area contributed by atoms with E-state index in [0.717, 1.165) is 57.6 Å². The minimum atomic E-state index is -0.356. The van der Waals surface area contributed by atoms with Gasteiger partial charge in [0.15, 0.2) is 0 Å². The fourth-order valence-electron chi connectivity index (χ4n) is 4.94. The number of ether oxygens (including phenoxy) is 1. The second-order valence-electron chi connectivity index (χ2n) is 9.65. The zero-order valence-electron chi connectivity index (χ0n) is 19.6. The second kappa shape index (κ2) is 9.96. The molecule has 0 bridgehead atoms. The average molecular weight is 486 g/mol. The number of benzene rings is 1. The third kappa shape index (κ3) is 4.93. The van der Waals surface area contributed by atoms with Gasteiger partial charge in [0.05, 0.1) is 24.2 Å². The van der Waals surface area contributed by atoms with E-state index >= 15 is 0 Å². The molecule has 5 rings (SSSR count). The number of anilines is 2. The summed E-state index contributed by atoms with van der Waals surface area (Å²) < 4.78 is 6.83. The third-order valence-corrected chi connectivity index (χ3v) is 7.59. The minimum Gasteiger partial charge on any atom is -0.382 e. The van der Waals surface area contributed by atoms with Crippen molar-refractivity contribution in [2.75, 3.05) is 43.6 Å². The van der Waals surface area contributed by atoms with Gasteiger partial charge in [-0.15, -0.1) is 0 Å². The Morgan fingerprint density at radius 2 is 1.97 bits per heavy atom. The van der Waals surface area contributed by atoms with Crippen molar-refractivity contribution < 1.29 is 9.53 Å². The summed E-state index contributed by atoms with van der Waals surface area (Å²) in [5, 5.41) is 7.73. The first-order chi connectivity index (χ1) is 16.5. The number of rotatable bonds is 7. The van der Waals surface area contributed by atoms with Crippen LogP contribution in [-0.2, 0) is 9.53 Å². The summed E-state index contributed by atoms with van der Waals surface area (Å²) in [5.74, 6) is 0.672. The van der Waals surface area contributed by atoms with E-state index in [1.54, 1.807) is 6.20 Å². The molecule has 1 saturated carbocycles. The molecule has 1 amide bonds. The fraction of sp³-hybridized carbons (Fsp3) is 0.560. The average Bonchev–Trinajstić information content (AvgIpc) is 3.71. The highest BCUT2D eigenvalue weighted by Gasteiger charge is 2.37. The molecule has 3 heterocycles. The molecule has 3 fully saturated rings. The van der Waals surface area contributed by atoms with Crippen LogP contribution < -0.4 is 15.8 Å². The highest BCUT2D eigenvalue weighted by Crippen LogP contribution is 2.32. The van der Waals surface area contributed by atoms with Gasteiger partial charge in [-0.05, 0) is 62.3 Å². The topological polar surface area (TPSA) is 79.7 Å². The number of hydrogen-bond acceptors (Lipinski definition) is 6. The van der Waals surface area contributed by atoms with Gasteiger partial charge in [0.2, 0.25) is 5.91 Å². The molecule has 1 unspecified atom stereocenters. The largest absolute Gasteiger partial charge is 0.382 e. The maximum atomic E-state index is 12.9. The Morgan fingerprint density at radius 3 is 2.65 bits per heavy atom. The minimum absolute atomic E-state index is 0.133. The lowest BCUT2D eigenvalue weighted by molar-refractivity contribution is -0.134. The lowest BCUT2D eigenvalue weighted by Gasteiger charge is -2.37. The molecule has 9 heteroatoms. The molecule has 1 aliphatic carbocycles. The summed E-state index contributed by atoms with van der Waals surface area (Å²) in [6.45, 7) is 3.08. The number of likely N-dealkylation sites (tertiary alicyclic amines) is 1. The molecule has 2 aromatic rings. The molecule has 3 aliphatic rings. The van der Waals surface area contributed by atoms with E-state index in [9.17, 15) is 9.59 Å². The van der Waals surface area contributed by atoms with Crippen molar-refractivity contribution in [3.05, 3.63) is 45.8 Å². The Kier molecular flexibility index (Phi) is 6.79. The molecular formula is C25H32ClN5O3. The van der Waals surface area contributed by atoms with Gasteiger partial charge >= 0.3 is 0 Å². The fourth-order valence-corrected chi connectivity index (χ4v) is 5.13. The summed E-state index contributed by atoms with van der Waals surface area (Å²) in [6.07, 6.45) is 7.58. The van der Waals surface area contributed by atoms with Crippen LogP contribution in [0, 0.1) is 5.92 Å². The number of halogens is 1. The van der Waals surface area contributed by atoms with Crippen LogP contribution in [0.3, 0.4) is 0 Å². The van der Waals surface area contributed by atoms with Gasteiger partial charge in [-0.1, -0.05) is 11.6 Å². The molecule has 1 aromatic carbocycles. The maximum Gasteiger partial charge on any atom is 0.292 e. The van der Waals surface area contributed by atoms with Gasteiger partial charge in [-0.2, -0.15) is 9.78 Å². The molecule has 1 aromatic heterocycles. The number of piperidine rings is 1. The van der Waals surface area contributed by atoms with Gasteiger partial charge in [0, 0.05) is 50.9 Å². The van der Waals surface area contributed by atoms with Crippen molar-refractivity contribution in [1.29, 1.82) is 0 Å². The molecule has 2 atom stereocenters. The van der Waals surface area contributed by atoms with E-state index < -0.39 is 0 Å². The summed E-state index contributed by atoms with van der Waals surface area (Å²) in [6, 6.07) is 8.32. The lowest BCUT2D eigenvalue weighted by Crippen LogP contribution is -2.47. The van der Waals surface area contributed by atoms with Gasteiger partial charge in [0.1, 0.15) is 5.02 Å². The van der Waals surface area contributed by atoms with Crippen molar-refractivity contribution in [1.82, 2.24) is 14.7 Å². The van der Waals surface area contributed by atoms with Crippen molar-refractivity contribution in [2.45, 2.75) is 50.6 Å². The second-order valence-corrected chi connectivity index (χ2v) is 10.0. The normalized spacial score (nSPS) is 23.1. The van der Waals surface area contributed by atoms with Gasteiger partial charge in [0.25, 0.3) is 5.56 Å². The SMILES string of the molecule is CN(c1ccc(-n2ncc(NC[C@H]3CCCOC3)c(Cl)c2=O)cc1)C1CCN(C2CC2)C(=O)C1. The predicted molar refractivity (Wildman–Crippen MR) is 133 cm³/mol. The zero-order chi connectivity index (χ0) is 23.7. The Hall–Kier alpha value is -2.58. The van der Waals surface area contributed by atoms with Crippen LogP contribution in [-0.4, -0.2) is 66.0 Å². The van der Waals surface area contributed by atoms with E-state index in [1.807, 2.05) is 31.3 Å². The van der Waals surface area contributed by atoms with Crippen molar-refractivity contribution in [2.24, 2.45) is 5.92 Å². The molecular weight excluding hydrogens is 454 g/mol. The van der Waals surface area contributed by atoms with Gasteiger partial charge in [-0.3, -0.25) is 9.59 Å². The maximum absolute atomic E-state index is 12.9. The van der Waals surface area contributed by atoms with Crippen LogP contribution in [0.2, 0.25) is 5.02 Å². The van der Waals surface area contributed by atoms with Gasteiger partial charge in [-0.25, -0.2) is 0 Å². The molecule has 0 spiro atoms. The number of nitrogens with one attached hydrogen (secondary N) is 1. The number of amides is 1. The van der Waals surface area contributed by atoms with E-state index in [4.69, 9.17) is 16.3 Å². The summed E-state index contributed by atoms with van der Waals surface area (Å²) in [7, 11) is 2.03. The van der Waals surface area contributed by atoms with Crippen LogP contribution in [0.5, 0.6) is 0 Å². The smallest absolute Gasteiger partial charge is 0.292 e. The molecule has 182 valence electrons. The van der Waals surface area contributed by atoms with E-state index in [2.05, 4.69) is 20.2 Å². The van der Waals surface area contributed by atoms with Crippen LogP contribution in [0.25, 0.3) is 5.69 Å². The number of hydrogen-bond donors (Lipinski definition) is 1. The van der Waals surface area contributed by atoms with Crippen LogP contribution in [0.1, 0.15) is 38.5 Å². The van der Waals surface area contributed by atoms with E-state index in [0.29, 0.717) is 36.3 Å². The monoisotopic (exact) mass is 485 g/mol. The summed E-state index contributed by atoms with van der Waals surface area (Å²) in [5.41, 5.74) is 1.85. The molecule has 1 N–H and O–H groups in total. The van der Waals surface area contributed by atoms with E-state index in [1.165, 1.54) is 4.68 Å². The van der Waals surface area contributed by atoms with Crippen LogP contribution in [0.4, 0.5) is 11.4 Å². The Bertz CT molecular complexity index is 1080. The first-order valence-corrected chi connectivity index (χ1v) is 12.6. The number of aromatic nitrogens is 2. The number of carbonyl (C=O) groups excluding carboxylic acids is 1. The third-order valence-electron chi connectivity index (χ3n) is 7.23. The molecule has 8 nitrogen and oxygen atoms in total.